The number of rotatable bonds is 3. The summed E-state index contributed by atoms with van der Waals surface area (Å²) >= 11 is 3.37. The molecule has 2 aromatic carbocycles. The average Bonchev–Trinajstić information content (AvgIpc) is 3.02. The second-order valence-corrected chi connectivity index (χ2v) is 9.17. The third kappa shape index (κ3) is 3.23. The Morgan fingerprint density at radius 2 is 1.77 bits per heavy atom. The molecule has 1 saturated heterocycles. The van der Waals surface area contributed by atoms with E-state index < -0.39 is 10.0 Å². The fraction of sp³-hybridized carbons (Fsp3) is 0.368. The summed E-state index contributed by atoms with van der Waals surface area (Å²) in [5.41, 5.74) is 0.947. The van der Waals surface area contributed by atoms with Crippen molar-refractivity contribution in [3.8, 4) is 11.5 Å². The lowest BCUT2D eigenvalue weighted by Crippen LogP contribution is -2.31. The van der Waals surface area contributed by atoms with Crippen LogP contribution in [0.2, 0.25) is 0 Å². The number of benzene rings is 2. The number of fused-ring (bicyclic) bond motifs is 1. The van der Waals surface area contributed by atoms with Crippen LogP contribution in [-0.4, -0.2) is 32.5 Å². The van der Waals surface area contributed by atoms with E-state index in [1.165, 1.54) is 0 Å². The Hall–Kier alpha value is -1.57. The summed E-state index contributed by atoms with van der Waals surface area (Å²) in [5, 5.41) is 0. The van der Waals surface area contributed by atoms with Crippen molar-refractivity contribution in [1.82, 2.24) is 4.31 Å². The van der Waals surface area contributed by atoms with Gasteiger partial charge in [-0.3, -0.25) is 0 Å². The van der Waals surface area contributed by atoms with Gasteiger partial charge in [0, 0.05) is 17.4 Å². The van der Waals surface area contributed by atoms with Crippen LogP contribution in [0.3, 0.4) is 0 Å². The van der Waals surface area contributed by atoms with Gasteiger partial charge in [0.25, 0.3) is 0 Å². The topological polar surface area (TPSA) is 55.8 Å². The Balaban J connectivity index is 1.69. The molecule has 1 fully saturated rings. The van der Waals surface area contributed by atoms with Crippen molar-refractivity contribution in [3.63, 3.8) is 0 Å². The van der Waals surface area contributed by atoms with Gasteiger partial charge in [-0.15, -0.1) is 0 Å². The Bertz CT molecular complexity index is 916. The van der Waals surface area contributed by atoms with Crippen LogP contribution in [0.4, 0.5) is 0 Å². The molecule has 0 amide bonds. The molecule has 4 rings (SSSR count). The van der Waals surface area contributed by atoms with E-state index >= 15 is 0 Å². The molecular formula is C19H20BrNO4S. The van der Waals surface area contributed by atoms with Crippen molar-refractivity contribution in [1.29, 1.82) is 0 Å². The normalized spacial score (nSPS) is 20.7. The zero-order chi connectivity index (χ0) is 18.1. The molecular weight excluding hydrogens is 418 g/mol. The van der Waals surface area contributed by atoms with Gasteiger partial charge >= 0.3 is 0 Å². The molecule has 2 aliphatic rings. The zero-order valence-corrected chi connectivity index (χ0v) is 16.6. The maximum Gasteiger partial charge on any atom is 0.244 e. The first-order valence-electron chi connectivity index (χ1n) is 8.73. The molecule has 0 spiro atoms. The van der Waals surface area contributed by atoms with E-state index in [4.69, 9.17) is 9.47 Å². The average molecular weight is 438 g/mol. The summed E-state index contributed by atoms with van der Waals surface area (Å²) in [5.74, 6) is 1.43. The van der Waals surface area contributed by atoms with E-state index in [0.29, 0.717) is 34.9 Å². The first kappa shape index (κ1) is 17.8. The number of hydrogen-bond donors (Lipinski definition) is 0. The lowest BCUT2D eigenvalue weighted by atomic mass is 10.0. The predicted molar refractivity (Wildman–Crippen MR) is 102 cm³/mol. The fourth-order valence-electron chi connectivity index (χ4n) is 3.53. The third-order valence-corrected chi connectivity index (χ3v) is 7.70. The highest BCUT2D eigenvalue weighted by atomic mass is 79.9. The summed E-state index contributed by atoms with van der Waals surface area (Å²) < 4.78 is 40.1. The summed E-state index contributed by atoms with van der Waals surface area (Å²) in [4.78, 5) is 0.307. The van der Waals surface area contributed by atoms with E-state index in [-0.39, 0.29) is 6.04 Å². The van der Waals surface area contributed by atoms with Gasteiger partial charge in [0.15, 0.2) is 11.5 Å². The second-order valence-electron chi connectivity index (χ2n) is 6.46. The SMILES string of the molecule is O=S(=O)(c1ccccc1Br)N1CCC[C@@H]1c1ccc2c(c1)OCCCO2. The van der Waals surface area contributed by atoms with Crippen LogP contribution in [0.15, 0.2) is 51.8 Å². The van der Waals surface area contributed by atoms with Crippen molar-refractivity contribution in [2.45, 2.75) is 30.2 Å². The van der Waals surface area contributed by atoms with E-state index in [9.17, 15) is 8.42 Å². The standard InChI is InChI=1S/C19H20BrNO4S/c20-15-5-1-2-7-19(15)26(22,23)21-10-3-6-16(21)14-8-9-17-18(13-14)25-12-4-11-24-17/h1-2,5,7-9,13,16H,3-4,6,10-12H2/t16-/m1/s1. The Morgan fingerprint density at radius 1 is 1.00 bits per heavy atom. The largest absolute Gasteiger partial charge is 0.490 e. The molecule has 26 heavy (non-hydrogen) atoms. The Labute approximate surface area is 162 Å². The third-order valence-electron chi connectivity index (χ3n) is 4.78. The number of hydrogen-bond acceptors (Lipinski definition) is 4. The molecule has 2 aliphatic heterocycles. The number of halogens is 1. The molecule has 0 aliphatic carbocycles. The highest BCUT2D eigenvalue weighted by Crippen LogP contribution is 2.41. The van der Waals surface area contributed by atoms with E-state index in [0.717, 1.165) is 30.6 Å². The quantitative estimate of drug-likeness (QED) is 0.723. The first-order chi connectivity index (χ1) is 12.6. The number of sulfonamides is 1. The maximum absolute atomic E-state index is 13.2. The lowest BCUT2D eigenvalue weighted by molar-refractivity contribution is 0.296. The molecule has 0 N–H and O–H groups in total. The van der Waals surface area contributed by atoms with Gasteiger partial charge < -0.3 is 9.47 Å². The molecule has 0 bridgehead atoms. The van der Waals surface area contributed by atoms with Gasteiger partial charge in [-0.2, -0.15) is 4.31 Å². The molecule has 0 saturated carbocycles. The minimum atomic E-state index is -3.58. The minimum absolute atomic E-state index is 0.191. The van der Waals surface area contributed by atoms with Crippen LogP contribution in [-0.2, 0) is 10.0 Å². The van der Waals surface area contributed by atoms with Crippen molar-refractivity contribution < 1.29 is 17.9 Å². The molecule has 138 valence electrons. The maximum atomic E-state index is 13.2. The highest BCUT2D eigenvalue weighted by molar-refractivity contribution is 9.10. The second kappa shape index (κ2) is 7.21. The van der Waals surface area contributed by atoms with Gasteiger partial charge in [-0.1, -0.05) is 18.2 Å². The van der Waals surface area contributed by atoms with Crippen LogP contribution in [0.25, 0.3) is 0 Å². The lowest BCUT2D eigenvalue weighted by Gasteiger charge is -2.25. The summed E-state index contributed by atoms with van der Waals surface area (Å²) in [6, 6.07) is 12.5. The van der Waals surface area contributed by atoms with Gasteiger partial charge in [0.1, 0.15) is 0 Å². The Kier molecular flexibility index (Phi) is 4.94. The molecule has 2 aromatic rings. The smallest absolute Gasteiger partial charge is 0.244 e. The molecule has 7 heteroatoms. The van der Waals surface area contributed by atoms with Crippen LogP contribution in [0.5, 0.6) is 11.5 Å². The summed E-state index contributed by atoms with van der Waals surface area (Å²) in [7, 11) is -3.58. The zero-order valence-electron chi connectivity index (χ0n) is 14.2. The van der Waals surface area contributed by atoms with Crippen LogP contribution in [0, 0.1) is 0 Å². The Morgan fingerprint density at radius 3 is 2.58 bits per heavy atom. The molecule has 5 nitrogen and oxygen atoms in total. The van der Waals surface area contributed by atoms with Crippen molar-refractivity contribution in [2.24, 2.45) is 0 Å². The minimum Gasteiger partial charge on any atom is -0.490 e. The van der Waals surface area contributed by atoms with Crippen molar-refractivity contribution >= 4 is 26.0 Å². The van der Waals surface area contributed by atoms with Gasteiger partial charge in [-0.25, -0.2) is 8.42 Å². The summed E-state index contributed by atoms with van der Waals surface area (Å²) in [6.45, 7) is 1.77. The molecule has 0 unspecified atom stereocenters. The van der Waals surface area contributed by atoms with E-state index in [1.807, 2.05) is 24.3 Å². The van der Waals surface area contributed by atoms with Crippen molar-refractivity contribution in [3.05, 3.63) is 52.5 Å². The first-order valence-corrected chi connectivity index (χ1v) is 11.0. The predicted octanol–water partition coefficient (Wildman–Crippen LogP) is 4.14. The van der Waals surface area contributed by atoms with Gasteiger partial charge in [0.05, 0.1) is 24.2 Å². The molecule has 1 atom stereocenters. The van der Waals surface area contributed by atoms with Crippen LogP contribution < -0.4 is 9.47 Å². The van der Waals surface area contributed by atoms with Crippen LogP contribution in [0.1, 0.15) is 30.9 Å². The van der Waals surface area contributed by atoms with Gasteiger partial charge in [-0.05, 0) is 58.6 Å². The summed E-state index contributed by atoms with van der Waals surface area (Å²) in [6.07, 6.45) is 2.47. The fourth-order valence-corrected chi connectivity index (χ4v) is 6.18. The molecule has 2 heterocycles. The van der Waals surface area contributed by atoms with Crippen LogP contribution >= 0.6 is 15.9 Å². The number of ether oxygens (including phenoxy) is 2. The van der Waals surface area contributed by atoms with Crippen molar-refractivity contribution in [2.75, 3.05) is 19.8 Å². The van der Waals surface area contributed by atoms with Gasteiger partial charge in [0.2, 0.25) is 10.0 Å². The number of nitrogens with zero attached hydrogens (tertiary/aromatic N) is 1. The molecule has 0 radical (unpaired) electrons. The monoisotopic (exact) mass is 437 g/mol. The molecule has 0 aromatic heterocycles. The highest BCUT2D eigenvalue weighted by Gasteiger charge is 2.37. The van der Waals surface area contributed by atoms with E-state index in [1.54, 1.807) is 22.5 Å². The van der Waals surface area contributed by atoms with E-state index in [2.05, 4.69) is 15.9 Å².